The predicted octanol–water partition coefficient (Wildman–Crippen LogP) is 7.67. The molecule has 0 aliphatic carbocycles. The Morgan fingerprint density at radius 2 is 1.51 bits per heavy atom. The summed E-state index contributed by atoms with van der Waals surface area (Å²) >= 11 is 7.13. The molecule has 1 aromatic carbocycles. The Balaban J connectivity index is 0.00000205. The molecule has 2 aromatic rings. The molecule has 4 rings (SSSR count). The SMILES string of the molecule is CC.O=C(CCCCCC(=O)N1CCC(C(c2ccc(Br)cn2)c2ccc(O)cc2Br)CC1)N1CCCCC1. The van der Waals surface area contributed by atoms with Gasteiger partial charge in [-0.2, -0.15) is 0 Å². The van der Waals surface area contributed by atoms with Gasteiger partial charge < -0.3 is 14.9 Å². The minimum atomic E-state index is 0.0813. The van der Waals surface area contributed by atoms with E-state index in [1.165, 1.54) is 6.42 Å². The van der Waals surface area contributed by atoms with E-state index in [1.807, 2.05) is 42.0 Å². The molecule has 8 heteroatoms. The Bertz CT molecular complexity index is 1050. The molecular formula is C31H43Br2N3O3. The fourth-order valence-electron chi connectivity index (χ4n) is 5.67. The first-order valence-corrected chi connectivity index (χ1v) is 16.2. The molecule has 2 aliphatic heterocycles. The van der Waals surface area contributed by atoms with Crippen LogP contribution in [0.2, 0.25) is 0 Å². The van der Waals surface area contributed by atoms with Gasteiger partial charge in [-0.05, 0) is 96.6 Å². The monoisotopic (exact) mass is 663 g/mol. The summed E-state index contributed by atoms with van der Waals surface area (Å²) in [6.07, 6.45) is 10.9. The van der Waals surface area contributed by atoms with Gasteiger partial charge in [0, 0.05) is 65.8 Å². The molecule has 0 bridgehead atoms. The van der Waals surface area contributed by atoms with Crippen LogP contribution in [0.3, 0.4) is 0 Å². The van der Waals surface area contributed by atoms with E-state index < -0.39 is 0 Å². The molecular weight excluding hydrogens is 622 g/mol. The first-order chi connectivity index (χ1) is 18.9. The third-order valence-corrected chi connectivity index (χ3v) is 8.90. The number of nitrogens with zero attached hydrogens (tertiary/aromatic N) is 3. The zero-order valence-electron chi connectivity index (χ0n) is 23.4. The zero-order valence-corrected chi connectivity index (χ0v) is 26.6. The van der Waals surface area contributed by atoms with Crippen LogP contribution in [0.25, 0.3) is 0 Å². The number of benzene rings is 1. The summed E-state index contributed by atoms with van der Waals surface area (Å²) in [6, 6.07) is 9.51. The molecule has 1 aromatic heterocycles. The second kappa shape index (κ2) is 16.4. The van der Waals surface area contributed by atoms with Crippen LogP contribution in [0.4, 0.5) is 0 Å². The zero-order chi connectivity index (χ0) is 28.2. The van der Waals surface area contributed by atoms with E-state index in [4.69, 9.17) is 4.98 Å². The van der Waals surface area contributed by atoms with Crippen molar-refractivity contribution in [3.8, 4) is 5.75 Å². The molecule has 3 heterocycles. The number of halogens is 2. The van der Waals surface area contributed by atoms with Crippen LogP contribution in [0, 0.1) is 5.92 Å². The number of aromatic nitrogens is 1. The van der Waals surface area contributed by atoms with Crippen LogP contribution in [0.1, 0.15) is 95.2 Å². The summed E-state index contributed by atoms with van der Waals surface area (Å²) in [5.74, 6) is 1.17. The van der Waals surface area contributed by atoms with Crippen LogP contribution in [0.15, 0.2) is 45.5 Å². The number of phenols is 1. The molecule has 0 radical (unpaired) electrons. The van der Waals surface area contributed by atoms with Gasteiger partial charge in [-0.1, -0.05) is 42.3 Å². The highest BCUT2D eigenvalue weighted by molar-refractivity contribution is 9.10. The highest BCUT2D eigenvalue weighted by Crippen LogP contribution is 2.41. The molecule has 2 fully saturated rings. The van der Waals surface area contributed by atoms with Crippen LogP contribution in [-0.4, -0.2) is 57.9 Å². The van der Waals surface area contributed by atoms with Gasteiger partial charge in [-0.25, -0.2) is 0 Å². The standard InChI is InChI=1S/C29H37Br2N3O3.C2H6/c30-22-9-12-26(32-20-22)29(24-11-10-23(35)19-25(24)31)21-13-17-34(18-14-21)28(37)8-4-1-3-7-27(36)33-15-5-2-6-16-33;1-2/h9-12,19-21,29,35H,1-8,13-18H2;1-2H3. The first-order valence-electron chi connectivity index (χ1n) is 14.6. The summed E-state index contributed by atoms with van der Waals surface area (Å²) in [6.45, 7) is 7.32. The van der Waals surface area contributed by atoms with Crippen molar-refractivity contribution >= 4 is 43.7 Å². The maximum atomic E-state index is 12.9. The number of pyridine rings is 1. The third kappa shape index (κ3) is 9.31. The lowest BCUT2D eigenvalue weighted by Gasteiger charge is -2.36. The van der Waals surface area contributed by atoms with E-state index in [0.29, 0.717) is 18.8 Å². The van der Waals surface area contributed by atoms with Gasteiger partial charge in [0.05, 0.1) is 0 Å². The van der Waals surface area contributed by atoms with E-state index in [1.54, 1.807) is 12.1 Å². The number of unbranched alkanes of at least 4 members (excludes halogenated alkanes) is 2. The molecule has 0 saturated carbocycles. The summed E-state index contributed by atoms with van der Waals surface area (Å²) in [4.78, 5) is 33.9. The second-order valence-electron chi connectivity index (χ2n) is 10.3. The highest BCUT2D eigenvalue weighted by atomic mass is 79.9. The normalized spacial score (nSPS) is 16.8. The number of carbonyl (C=O) groups is 2. The molecule has 0 spiro atoms. The van der Waals surface area contributed by atoms with Gasteiger partial charge in [0.1, 0.15) is 5.75 Å². The molecule has 1 atom stereocenters. The van der Waals surface area contributed by atoms with Crippen LogP contribution in [0.5, 0.6) is 5.75 Å². The lowest BCUT2D eigenvalue weighted by molar-refractivity contribution is -0.132. The van der Waals surface area contributed by atoms with E-state index in [-0.39, 0.29) is 23.5 Å². The maximum absolute atomic E-state index is 12.9. The minimum absolute atomic E-state index is 0.0813. The third-order valence-electron chi connectivity index (χ3n) is 7.74. The quantitative estimate of drug-likeness (QED) is 0.279. The largest absolute Gasteiger partial charge is 0.508 e. The maximum Gasteiger partial charge on any atom is 0.222 e. The molecule has 214 valence electrons. The average Bonchev–Trinajstić information content (AvgIpc) is 2.96. The fourth-order valence-corrected chi connectivity index (χ4v) is 6.51. The van der Waals surface area contributed by atoms with Crippen molar-refractivity contribution in [1.29, 1.82) is 0 Å². The van der Waals surface area contributed by atoms with Crippen LogP contribution in [-0.2, 0) is 9.59 Å². The van der Waals surface area contributed by atoms with Gasteiger partial charge >= 0.3 is 0 Å². The number of piperidine rings is 2. The molecule has 6 nitrogen and oxygen atoms in total. The summed E-state index contributed by atoms with van der Waals surface area (Å²) in [5.41, 5.74) is 2.11. The van der Waals surface area contributed by atoms with Gasteiger partial charge in [0.15, 0.2) is 0 Å². The topological polar surface area (TPSA) is 73.7 Å². The van der Waals surface area contributed by atoms with Crippen molar-refractivity contribution in [2.75, 3.05) is 26.2 Å². The van der Waals surface area contributed by atoms with Crippen LogP contribution >= 0.6 is 31.9 Å². The van der Waals surface area contributed by atoms with Gasteiger partial charge in [-0.15, -0.1) is 0 Å². The van der Waals surface area contributed by atoms with E-state index in [2.05, 4.69) is 37.9 Å². The fraction of sp³-hybridized carbons (Fsp3) is 0.581. The summed E-state index contributed by atoms with van der Waals surface area (Å²) in [7, 11) is 0. The molecule has 2 amide bonds. The van der Waals surface area contributed by atoms with Crippen molar-refractivity contribution in [3.63, 3.8) is 0 Å². The Morgan fingerprint density at radius 3 is 2.08 bits per heavy atom. The van der Waals surface area contributed by atoms with E-state index in [9.17, 15) is 14.7 Å². The second-order valence-corrected chi connectivity index (χ2v) is 12.1. The Morgan fingerprint density at radius 1 is 0.897 bits per heavy atom. The van der Waals surface area contributed by atoms with E-state index >= 15 is 0 Å². The Labute approximate surface area is 250 Å². The summed E-state index contributed by atoms with van der Waals surface area (Å²) in [5, 5.41) is 9.91. The van der Waals surface area contributed by atoms with Crippen molar-refractivity contribution in [2.45, 2.75) is 84.0 Å². The number of rotatable bonds is 9. The van der Waals surface area contributed by atoms with Crippen LogP contribution < -0.4 is 0 Å². The smallest absolute Gasteiger partial charge is 0.222 e. The molecule has 2 saturated heterocycles. The van der Waals surface area contributed by atoms with Crippen molar-refractivity contribution < 1.29 is 14.7 Å². The number of hydrogen-bond acceptors (Lipinski definition) is 4. The van der Waals surface area contributed by atoms with Crippen molar-refractivity contribution in [1.82, 2.24) is 14.8 Å². The van der Waals surface area contributed by atoms with Crippen molar-refractivity contribution in [3.05, 3.63) is 56.7 Å². The number of hydrogen-bond donors (Lipinski definition) is 1. The molecule has 2 aliphatic rings. The summed E-state index contributed by atoms with van der Waals surface area (Å²) < 4.78 is 1.82. The van der Waals surface area contributed by atoms with Gasteiger partial charge in [0.2, 0.25) is 11.8 Å². The number of phenolic OH excluding ortho intramolecular Hbond substituents is 1. The average molecular weight is 666 g/mol. The lowest BCUT2D eigenvalue weighted by Crippen LogP contribution is -2.40. The predicted molar refractivity (Wildman–Crippen MR) is 164 cm³/mol. The van der Waals surface area contributed by atoms with Crippen molar-refractivity contribution in [2.24, 2.45) is 5.92 Å². The minimum Gasteiger partial charge on any atom is -0.508 e. The first kappa shape index (κ1) is 31.6. The molecule has 1 unspecified atom stereocenters. The number of amides is 2. The Hall–Kier alpha value is -1.93. The number of carbonyl (C=O) groups excluding carboxylic acids is 2. The molecule has 39 heavy (non-hydrogen) atoms. The van der Waals surface area contributed by atoms with Gasteiger partial charge in [0.25, 0.3) is 0 Å². The van der Waals surface area contributed by atoms with Gasteiger partial charge in [-0.3, -0.25) is 14.6 Å². The Kier molecular flexibility index (Phi) is 13.3. The lowest BCUT2D eigenvalue weighted by atomic mass is 9.78. The number of aromatic hydroxyl groups is 1. The molecule has 1 N–H and O–H groups in total. The van der Waals surface area contributed by atoms with E-state index in [0.717, 1.165) is 91.3 Å². The highest BCUT2D eigenvalue weighted by Gasteiger charge is 2.32. The number of likely N-dealkylation sites (tertiary alicyclic amines) is 2.